The van der Waals surface area contributed by atoms with Gasteiger partial charge in [-0.15, -0.1) is 11.3 Å². The number of hydrogen-bond acceptors (Lipinski definition) is 5. The predicted octanol–water partition coefficient (Wildman–Crippen LogP) is 3.89. The molecule has 4 rings (SSSR count). The van der Waals surface area contributed by atoms with Crippen LogP contribution in [0.25, 0.3) is 0 Å². The van der Waals surface area contributed by atoms with Crippen LogP contribution >= 0.6 is 27.3 Å². The second-order valence-electron chi connectivity index (χ2n) is 7.71. The molecule has 1 aliphatic heterocycles. The first-order valence-electron chi connectivity index (χ1n) is 10.4. The number of nitrogens with zero attached hydrogens (tertiary/aromatic N) is 2. The third-order valence-corrected chi connectivity index (χ3v) is 9.06. The molecule has 1 atom stereocenters. The smallest absolute Gasteiger partial charge is 0.250 e. The van der Waals surface area contributed by atoms with Crippen molar-refractivity contribution in [3.63, 3.8) is 0 Å². The molecule has 174 valence electrons. The van der Waals surface area contributed by atoms with Gasteiger partial charge in [0.1, 0.15) is 16.1 Å². The number of piperazine rings is 1. The number of rotatable bonds is 7. The molecule has 1 amide bonds. The SMILES string of the molecule is O=C([C@H](Cc1ccccc1)NS(=O)(=O)c1ccc(Br)s1)N1CCN(c2ccc(F)cc2)CC1. The molecule has 1 N–H and O–H groups in total. The van der Waals surface area contributed by atoms with E-state index in [2.05, 4.69) is 25.6 Å². The number of halogens is 2. The molecule has 0 saturated carbocycles. The highest BCUT2D eigenvalue weighted by atomic mass is 79.9. The number of sulfonamides is 1. The molecule has 1 saturated heterocycles. The summed E-state index contributed by atoms with van der Waals surface area (Å²) in [5.41, 5.74) is 1.77. The Balaban J connectivity index is 1.49. The number of hydrogen-bond donors (Lipinski definition) is 1. The summed E-state index contributed by atoms with van der Waals surface area (Å²) in [6.45, 7) is 2.07. The standard InChI is InChI=1S/C23H23BrFN3O3S2/c24-21-10-11-22(32-21)33(30,31)26-20(16-17-4-2-1-3-5-17)23(29)28-14-12-27(13-15-28)19-8-6-18(25)7-9-19/h1-11,20,26H,12-16H2/t20-/m0/s1. The first-order chi connectivity index (χ1) is 15.8. The topological polar surface area (TPSA) is 69.7 Å². The molecule has 33 heavy (non-hydrogen) atoms. The van der Waals surface area contributed by atoms with E-state index in [-0.39, 0.29) is 22.4 Å². The van der Waals surface area contributed by atoms with Crippen molar-refractivity contribution >= 4 is 48.9 Å². The van der Waals surface area contributed by atoms with Crippen LogP contribution in [0.2, 0.25) is 0 Å². The fourth-order valence-corrected chi connectivity index (χ4v) is 6.99. The van der Waals surface area contributed by atoms with Crippen molar-refractivity contribution in [3.8, 4) is 0 Å². The van der Waals surface area contributed by atoms with E-state index < -0.39 is 16.1 Å². The fourth-order valence-electron chi connectivity index (χ4n) is 3.77. The van der Waals surface area contributed by atoms with Crippen molar-refractivity contribution in [1.82, 2.24) is 9.62 Å². The Morgan fingerprint density at radius 1 is 1.00 bits per heavy atom. The number of amides is 1. The van der Waals surface area contributed by atoms with Crippen LogP contribution in [0.1, 0.15) is 5.56 Å². The van der Waals surface area contributed by atoms with E-state index in [1.54, 1.807) is 23.1 Å². The zero-order valence-electron chi connectivity index (χ0n) is 17.7. The van der Waals surface area contributed by atoms with E-state index in [1.807, 2.05) is 30.3 Å². The molecule has 1 fully saturated rings. The summed E-state index contributed by atoms with van der Waals surface area (Å²) in [5, 5.41) is 0. The van der Waals surface area contributed by atoms with Crippen LogP contribution in [0.15, 0.2) is 74.7 Å². The van der Waals surface area contributed by atoms with Crippen molar-refractivity contribution in [2.24, 2.45) is 0 Å². The number of anilines is 1. The van der Waals surface area contributed by atoms with Gasteiger partial charge in [0, 0.05) is 31.9 Å². The lowest BCUT2D eigenvalue weighted by atomic mass is 10.1. The summed E-state index contributed by atoms with van der Waals surface area (Å²) in [7, 11) is -3.86. The molecule has 2 heterocycles. The third kappa shape index (κ3) is 6.00. The van der Waals surface area contributed by atoms with Gasteiger partial charge in [0.2, 0.25) is 5.91 Å². The Labute approximate surface area is 205 Å². The number of carbonyl (C=O) groups is 1. The molecule has 2 aromatic carbocycles. The summed E-state index contributed by atoms with van der Waals surface area (Å²) >= 11 is 4.39. The normalized spacial score (nSPS) is 15.5. The Bertz CT molecular complexity index is 1200. The van der Waals surface area contributed by atoms with Crippen LogP contribution in [-0.2, 0) is 21.2 Å². The Morgan fingerprint density at radius 3 is 2.27 bits per heavy atom. The molecule has 10 heteroatoms. The van der Waals surface area contributed by atoms with E-state index in [0.717, 1.165) is 22.6 Å². The van der Waals surface area contributed by atoms with Crippen molar-refractivity contribution in [1.29, 1.82) is 0 Å². The second kappa shape index (κ2) is 10.3. The quantitative estimate of drug-likeness (QED) is 0.483. The predicted molar refractivity (Wildman–Crippen MR) is 131 cm³/mol. The summed E-state index contributed by atoms with van der Waals surface area (Å²) in [4.78, 5) is 17.2. The fraction of sp³-hybridized carbons (Fsp3) is 0.261. The van der Waals surface area contributed by atoms with E-state index in [1.165, 1.54) is 18.2 Å². The van der Waals surface area contributed by atoms with Crippen molar-refractivity contribution < 1.29 is 17.6 Å². The summed E-state index contributed by atoms with van der Waals surface area (Å²) < 4.78 is 42.6. The van der Waals surface area contributed by atoms with Crippen LogP contribution in [0.5, 0.6) is 0 Å². The molecule has 3 aromatic rings. The van der Waals surface area contributed by atoms with Gasteiger partial charge < -0.3 is 9.80 Å². The van der Waals surface area contributed by atoms with Crippen LogP contribution in [0.4, 0.5) is 10.1 Å². The zero-order valence-corrected chi connectivity index (χ0v) is 20.9. The maximum Gasteiger partial charge on any atom is 0.250 e. The molecule has 1 aliphatic rings. The van der Waals surface area contributed by atoms with Gasteiger partial charge in [-0.1, -0.05) is 30.3 Å². The van der Waals surface area contributed by atoms with Gasteiger partial charge in [0.05, 0.1) is 3.79 Å². The van der Waals surface area contributed by atoms with Gasteiger partial charge in [-0.3, -0.25) is 4.79 Å². The first-order valence-corrected chi connectivity index (χ1v) is 13.5. The molecule has 6 nitrogen and oxygen atoms in total. The summed E-state index contributed by atoms with van der Waals surface area (Å²) in [5.74, 6) is -0.543. The van der Waals surface area contributed by atoms with Crippen molar-refractivity contribution in [3.05, 3.63) is 81.9 Å². The molecule has 1 aromatic heterocycles. The highest BCUT2D eigenvalue weighted by Gasteiger charge is 2.32. The lowest BCUT2D eigenvalue weighted by molar-refractivity contribution is -0.133. The largest absolute Gasteiger partial charge is 0.368 e. The minimum Gasteiger partial charge on any atom is -0.368 e. The van der Waals surface area contributed by atoms with Crippen molar-refractivity contribution in [2.45, 2.75) is 16.7 Å². The second-order valence-corrected chi connectivity index (χ2v) is 12.1. The molecule has 0 spiro atoms. The Hall–Kier alpha value is -2.27. The average Bonchev–Trinajstić information content (AvgIpc) is 3.27. The van der Waals surface area contributed by atoms with Gasteiger partial charge in [-0.05, 0) is 64.3 Å². The number of carbonyl (C=O) groups excluding carboxylic acids is 1. The van der Waals surface area contributed by atoms with Gasteiger partial charge >= 0.3 is 0 Å². The Morgan fingerprint density at radius 2 is 1.67 bits per heavy atom. The van der Waals surface area contributed by atoms with Gasteiger partial charge in [0.25, 0.3) is 10.0 Å². The van der Waals surface area contributed by atoms with E-state index in [9.17, 15) is 17.6 Å². The van der Waals surface area contributed by atoms with Gasteiger partial charge in [-0.2, -0.15) is 4.72 Å². The molecule has 0 bridgehead atoms. The maximum atomic E-state index is 13.4. The van der Waals surface area contributed by atoms with Crippen LogP contribution < -0.4 is 9.62 Å². The highest BCUT2D eigenvalue weighted by Crippen LogP contribution is 2.26. The maximum absolute atomic E-state index is 13.4. The van der Waals surface area contributed by atoms with Gasteiger partial charge in [-0.25, -0.2) is 12.8 Å². The number of benzene rings is 2. The van der Waals surface area contributed by atoms with Crippen molar-refractivity contribution in [2.75, 3.05) is 31.1 Å². The lowest BCUT2D eigenvalue weighted by Gasteiger charge is -2.37. The third-order valence-electron chi connectivity index (χ3n) is 5.47. The van der Waals surface area contributed by atoms with E-state index in [4.69, 9.17) is 0 Å². The molecular formula is C23H23BrFN3O3S2. The monoisotopic (exact) mass is 551 g/mol. The number of thiophene rings is 1. The van der Waals surface area contributed by atoms with E-state index in [0.29, 0.717) is 30.0 Å². The van der Waals surface area contributed by atoms with Crippen LogP contribution in [0, 0.1) is 5.82 Å². The molecular weight excluding hydrogens is 529 g/mol. The average molecular weight is 552 g/mol. The molecule has 0 radical (unpaired) electrons. The Kier molecular flexibility index (Phi) is 7.48. The van der Waals surface area contributed by atoms with Gasteiger partial charge in [0.15, 0.2) is 0 Å². The minimum absolute atomic E-state index is 0.154. The summed E-state index contributed by atoms with van der Waals surface area (Å²) in [6, 6.07) is 17.9. The zero-order chi connectivity index (χ0) is 23.4. The molecule has 0 unspecified atom stereocenters. The first kappa shape index (κ1) is 23.9. The summed E-state index contributed by atoms with van der Waals surface area (Å²) in [6.07, 6.45) is 0.254. The van der Waals surface area contributed by atoms with E-state index >= 15 is 0 Å². The van der Waals surface area contributed by atoms with Crippen LogP contribution in [-0.4, -0.2) is 51.4 Å². The molecule has 0 aliphatic carbocycles. The minimum atomic E-state index is -3.86. The lowest BCUT2D eigenvalue weighted by Crippen LogP contribution is -2.55. The highest BCUT2D eigenvalue weighted by molar-refractivity contribution is 9.11. The van der Waals surface area contributed by atoms with Crippen LogP contribution in [0.3, 0.4) is 0 Å². The number of nitrogens with one attached hydrogen (secondary N) is 1.